The lowest BCUT2D eigenvalue weighted by Crippen LogP contribution is -2.34. The van der Waals surface area contributed by atoms with Crippen LogP contribution in [0.5, 0.6) is 0 Å². The van der Waals surface area contributed by atoms with Crippen LogP contribution in [0.2, 0.25) is 0 Å². The van der Waals surface area contributed by atoms with Crippen LogP contribution in [0.4, 0.5) is 10.5 Å². The van der Waals surface area contributed by atoms with Gasteiger partial charge in [-0.05, 0) is 40.2 Å². The number of esters is 1. The van der Waals surface area contributed by atoms with Crippen LogP contribution in [-0.4, -0.2) is 55.6 Å². The van der Waals surface area contributed by atoms with Crippen LogP contribution >= 0.6 is 0 Å². The Kier molecular flexibility index (Phi) is 8.27. The highest BCUT2D eigenvalue weighted by molar-refractivity contribution is 5.94. The first-order valence-electron chi connectivity index (χ1n) is 8.38. The molecule has 0 aliphatic carbocycles. The van der Waals surface area contributed by atoms with Crippen LogP contribution in [0.25, 0.3) is 0 Å². The molecule has 1 amide bonds. The minimum atomic E-state index is -0.514. The molecule has 0 spiro atoms. The van der Waals surface area contributed by atoms with Gasteiger partial charge in [-0.3, -0.25) is 0 Å². The number of ether oxygens (including phenoxy) is 3. The highest BCUT2D eigenvalue weighted by Crippen LogP contribution is 2.20. The number of rotatable bonds is 9. The van der Waals surface area contributed by atoms with Crippen LogP contribution in [0.1, 0.15) is 43.7 Å². The molecule has 0 radical (unpaired) electrons. The molecule has 0 fully saturated rings. The van der Waals surface area contributed by atoms with E-state index in [-0.39, 0.29) is 5.97 Å². The van der Waals surface area contributed by atoms with Gasteiger partial charge in [0.05, 0.1) is 25.5 Å². The highest BCUT2D eigenvalue weighted by Gasteiger charge is 2.16. The molecule has 0 saturated carbocycles. The van der Waals surface area contributed by atoms with Crippen molar-refractivity contribution in [3.05, 3.63) is 17.5 Å². The number of carbonyl (C=O) groups excluding carboxylic acids is 2. The van der Waals surface area contributed by atoms with E-state index in [1.165, 1.54) is 0 Å². The molecule has 0 bridgehead atoms. The fraction of sp³-hybridized carbons (Fsp3) is 0.647. The Morgan fingerprint density at radius 1 is 1.20 bits per heavy atom. The number of aryl methyl sites for hydroxylation is 1. The van der Waals surface area contributed by atoms with E-state index < -0.39 is 11.7 Å². The van der Waals surface area contributed by atoms with Crippen molar-refractivity contribution in [1.82, 2.24) is 10.3 Å². The van der Waals surface area contributed by atoms with Crippen molar-refractivity contribution >= 4 is 17.7 Å². The average molecular weight is 355 g/mol. The summed E-state index contributed by atoms with van der Waals surface area (Å²) < 4.78 is 15.6. The zero-order valence-corrected chi connectivity index (χ0v) is 15.7. The molecule has 25 heavy (non-hydrogen) atoms. The second-order valence-corrected chi connectivity index (χ2v) is 6.41. The van der Waals surface area contributed by atoms with Crippen LogP contribution in [0.3, 0.4) is 0 Å². The molecule has 0 aliphatic heterocycles. The van der Waals surface area contributed by atoms with Crippen molar-refractivity contribution in [2.75, 3.05) is 38.2 Å². The van der Waals surface area contributed by atoms with Gasteiger partial charge in [-0.2, -0.15) is 0 Å². The Morgan fingerprint density at radius 2 is 1.88 bits per heavy atom. The molecule has 8 heteroatoms. The largest absolute Gasteiger partial charge is 0.461 e. The van der Waals surface area contributed by atoms with Crippen molar-refractivity contribution in [2.24, 2.45) is 0 Å². The summed E-state index contributed by atoms with van der Waals surface area (Å²) in [6, 6.07) is 0. The van der Waals surface area contributed by atoms with Crippen LogP contribution < -0.4 is 10.6 Å². The van der Waals surface area contributed by atoms with Gasteiger partial charge in [0.25, 0.3) is 0 Å². The smallest absolute Gasteiger partial charge is 0.407 e. The number of anilines is 1. The first-order valence-corrected chi connectivity index (χ1v) is 8.38. The second-order valence-electron chi connectivity index (χ2n) is 6.41. The van der Waals surface area contributed by atoms with E-state index >= 15 is 0 Å². The van der Waals surface area contributed by atoms with Gasteiger partial charge < -0.3 is 29.8 Å². The monoisotopic (exact) mass is 355 g/mol. The normalized spacial score (nSPS) is 11.1. The molecule has 1 heterocycles. The number of hydrogen-bond donors (Lipinski definition) is 3. The Hall–Kier alpha value is -2.22. The third-order valence-electron chi connectivity index (χ3n) is 3.02. The third-order valence-corrected chi connectivity index (χ3v) is 3.02. The van der Waals surface area contributed by atoms with Gasteiger partial charge >= 0.3 is 12.1 Å². The maximum atomic E-state index is 11.8. The minimum absolute atomic E-state index is 0.324. The molecule has 8 nitrogen and oxygen atoms in total. The Bertz CT molecular complexity index is 563. The topological polar surface area (TPSA) is 102 Å². The van der Waals surface area contributed by atoms with Crippen molar-refractivity contribution in [2.45, 2.75) is 40.2 Å². The third kappa shape index (κ3) is 7.93. The number of aromatic nitrogens is 1. The van der Waals surface area contributed by atoms with Crippen molar-refractivity contribution in [3.63, 3.8) is 0 Å². The Balaban J connectivity index is 2.23. The van der Waals surface area contributed by atoms with Crippen LogP contribution in [0, 0.1) is 6.92 Å². The summed E-state index contributed by atoms with van der Waals surface area (Å²) in [5.74, 6) is -0.388. The van der Waals surface area contributed by atoms with Gasteiger partial charge in [0.15, 0.2) is 0 Å². The van der Waals surface area contributed by atoms with Gasteiger partial charge in [0, 0.05) is 19.3 Å². The van der Waals surface area contributed by atoms with Gasteiger partial charge in [-0.25, -0.2) is 9.59 Å². The molecule has 1 rings (SSSR count). The lowest BCUT2D eigenvalue weighted by molar-refractivity contribution is 0.0499. The summed E-state index contributed by atoms with van der Waals surface area (Å²) in [6.07, 6.45) is 1.29. The summed E-state index contributed by atoms with van der Waals surface area (Å²) >= 11 is 0. The second kappa shape index (κ2) is 9.93. The maximum Gasteiger partial charge on any atom is 0.407 e. The van der Waals surface area contributed by atoms with Crippen LogP contribution in [-0.2, 0) is 14.2 Å². The van der Waals surface area contributed by atoms with E-state index in [0.717, 1.165) is 5.56 Å². The lowest BCUT2D eigenvalue weighted by Gasteiger charge is -2.19. The average Bonchev–Trinajstić information content (AvgIpc) is 2.86. The molecule has 0 atom stereocenters. The number of carbonyl (C=O) groups is 2. The predicted octanol–water partition coefficient (Wildman–Crippen LogP) is 2.45. The summed E-state index contributed by atoms with van der Waals surface area (Å²) in [6.45, 7) is 11.1. The van der Waals surface area contributed by atoms with E-state index in [2.05, 4.69) is 15.6 Å². The maximum absolute atomic E-state index is 11.8. The van der Waals surface area contributed by atoms with Crippen molar-refractivity contribution in [3.8, 4) is 0 Å². The molecule has 142 valence electrons. The van der Waals surface area contributed by atoms with E-state index in [1.807, 2.05) is 27.7 Å². The summed E-state index contributed by atoms with van der Waals surface area (Å²) in [4.78, 5) is 26.2. The zero-order chi connectivity index (χ0) is 18.9. The van der Waals surface area contributed by atoms with Crippen LogP contribution in [0.15, 0.2) is 6.20 Å². The number of alkyl carbamates (subject to hydrolysis) is 1. The van der Waals surface area contributed by atoms with E-state index in [1.54, 1.807) is 13.1 Å². The summed E-state index contributed by atoms with van der Waals surface area (Å²) in [5.41, 5.74) is 1.54. The quantitative estimate of drug-likeness (QED) is 0.464. The lowest BCUT2D eigenvalue weighted by atomic mass is 10.2. The minimum Gasteiger partial charge on any atom is -0.461 e. The van der Waals surface area contributed by atoms with E-state index in [0.29, 0.717) is 44.3 Å². The standard InChI is InChI=1S/C17H29N3O5/c1-6-24-15(21)14-13(12(2)11-20-14)18-7-9-23-10-8-19-16(22)25-17(3,4)5/h11,18,20H,6-10H2,1-5H3,(H,19,22). The molecule has 0 unspecified atom stereocenters. The number of hydrogen-bond acceptors (Lipinski definition) is 6. The zero-order valence-electron chi connectivity index (χ0n) is 15.7. The molecule has 1 aromatic heterocycles. The Labute approximate surface area is 148 Å². The van der Waals surface area contributed by atoms with Crippen molar-refractivity contribution < 1.29 is 23.8 Å². The number of H-pyrrole nitrogens is 1. The number of amides is 1. The number of aromatic amines is 1. The van der Waals surface area contributed by atoms with Gasteiger partial charge in [0.2, 0.25) is 0 Å². The summed E-state index contributed by atoms with van der Waals surface area (Å²) in [7, 11) is 0. The van der Waals surface area contributed by atoms with Crippen molar-refractivity contribution in [1.29, 1.82) is 0 Å². The molecule has 0 aliphatic rings. The first-order chi connectivity index (χ1) is 11.7. The molecule has 0 saturated heterocycles. The van der Waals surface area contributed by atoms with Gasteiger partial charge in [0.1, 0.15) is 11.3 Å². The predicted molar refractivity (Wildman–Crippen MR) is 95.0 cm³/mol. The number of nitrogens with one attached hydrogen (secondary N) is 3. The van der Waals surface area contributed by atoms with Gasteiger partial charge in [-0.15, -0.1) is 0 Å². The fourth-order valence-electron chi connectivity index (χ4n) is 2.00. The van der Waals surface area contributed by atoms with E-state index in [4.69, 9.17) is 14.2 Å². The molecule has 1 aromatic rings. The highest BCUT2D eigenvalue weighted by atomic mass is 16.6. The molecular formula is C17H29N3O5. The first kappa shape index (κ1) is 20.8. The molecule has 0 aromatic carbocycles. The van der Waals surface area contributed by atoms with E-state index in [9.17, 15) is 9.59 Å². The SMILES string of the molecule is CCOC(=O)c1[nH]cc(C)c1NCCOCCNC(=O)OC(C)(C)C. The molecule has 3 N–H and O–H groups in total. The fourth-order valence-corrected chi connectivity index (χ4v) is 2.00. The Morgan fingerprint density at radius 3 is 2.52 bits per heavy atom. The molecular weight excluding hydrogens is 326 g/mol. The van der Waals surface area contributed by atoms with Gasteiger partial charge in [-0.1, -0.05) is 0 Å². The summed E-state index contributed by atoms with van der Waals surface area (Å²) in [5, 5.41) is 5.78.